The lowest BCUT2D eigenvalue weighted by Crippen LogP contribution is -2.32. The number of carbonyl (C=O) groups is 1. The molecule has 110 valence electrons. The van der Waals surface area contributed by atoms with Crippen molar-refractivity contribution in [3.63, 3.8) is 0 Å². The van der Waals surface area contributed by atoms with Gasteiger partial charge in [-0.25, -0.2) is 9.18 Å². The van der Waals surface area contributed by atoms with Crippen molar-refractivity contribution in [2.75, 3.05) is 7.11 Å². The first-order valence-electron chi connectivity index (χ1n) is 6.74. The van der Waals surface area contributed by atoms with Crippen LogP contribution in [0.25, 0.3) is 0 Å². The van der Waals surface area contributed by atoms with E-state index in [0.717, 1.165) is 0 Å². The van der Waals surface area contributed by atoms with Crippen LogP contribution in [-0.4, -0.2) is 25.0 Å². The predicted octanol–water partition coefficient (Wildman–Crippen LogP) is 2.97. The van der Waals surface area contributed by atoms with Crippen molar-refractivity contribution in [1.82, 2.24) is 0 Å². The van der Waals surface area contributed by atoms with Gasteiger partial charge in [0, 0.05) is 5.56 Å². The van der Waals surface area contributed by atoms with E-state index in [1.807, 2.05) is 13.8 Å². The van der Waals surface area contributed by atoms with Crippen LogP contribution in [0.4, 0.5) is 4.39 Å². The van der Waals surface area contributed by atoms with Gasteiger partial charge >= 0.3 is 5.97 Å². The van der Waals surface area contributed by atoms with Gasteiger partial charge in [0.05, 0.1) is 7.11 Å². The van der Waals surface area contributed by atoms with E-state index in [0.29, 0.717) is 18.4 Å². The predicted molar refractivity (Wildman–Crippen MR) is 70.4 cm³/mol. The average molecular weight is 282 g/mol. The summed E-state index contributed by atoms with van der Waals surface area (Å²) in [7, 11) is 1.28. The highest BCUT2D eigenvalue weighted by Crippen LogP contribution is 2.43. The Morgan fingerprint density at radius 2 is 1.95 bits per heavy atom. The van der Waals surface area contributed by atoms with Crippen LogP contribution in [0.1, 0.15) is 38.4 Å². The van der Waals surface area contributed by atoms with Gasteiger partial charge in [0.1, 0.15) is 11.9 Å². The second kappa shape index (κ2) is 5.89. The van der Waals surface area contributed by atoms with Crippen LogP contribution in [0.3, 0.4) is 0 Å². The minimum atomic E-state index is -0.947. The number of hydrogen-bond acceptors (Lipinski definition) is 4. The molecule has 2 atom stereocenters. The zero-order valence-corrected chi connectivity index (χ0v) is 11.9. The molecule has 1 heterocycles. The van der Waals surface area contributed by atoms with Crippen LogP contribution in [0.5, 0.6) is 0 Å². The Labute approximate surface area is 117 Å². The van der Waals surface area contributed by atoms with Crippen molar-refractivity contribution >= 4 is 5.97 Å². The first kappa shape index (κ1) is 14.9. The van der Waals surface area contributed by atoms with Crippen molar-refractivity contribution in [3.05, 3.63) is 35.6 Å². The molecule has 0 spiro atoms. The van der Waals surface area contributed by atoms with E-state index in [1.165, 1.54) is 13.2 Å². The second-order valence-electron chi connectivity index (χ2n) is 4.74. The molecule has 2 rings (SSSR count). The molecule has 0 amide bonds. The normalized spacial score (nSPS) is 24.6. The number of esters is 1. The van der Waals surface area contributed by atoms with Crippen LogP contribution in [0, 0.1) is 5.82 Å². The maximum Gasteiger partial charge on any atom is 0.338 e. The number of carbonyl (C=O) groups excluding carboxylic acids is 1. The van der Waals surface area contributed by atoms with Gasteiger partial charge in [-0.3, -0.25) is 0 Å². The molecule has 0 radical (unpaired) electrons. The summed E-state index contributed by atoms with van der Waals surface area (Å²) in [4.78, 5) is 11.9. The Kier molecular flexibility index (Phi) is 4.40. The minimum absolute atomic E-state index is 0.312. The van der Waals surface area contributed by atoms with Gasteiger partial charge in [-0.15, -0.1) is 0 Å². The quantitative estimate of drug-likeness (QED) is 0.796. The first-order valence-corrected chi connectivity index (χ1v) is 6.74. The average Bonchev–Trinajstić information content (AvgIpc) is 2.87. The molecule has 1 aliphatic rings. The summed E-state index contributed by atoms with van der Waals surface area (Å²) < 4.78 is 30.3. The third-order valence-corrected chi connectivity index (χ3v) is 3.68. The van der Waals surface area contributed by atoms with Gasteiger partial charge in [-0.2, -0.15) is 0 Å². The van der Waals surface area contributed by atoms with Crippen LogP contribution in [-0.2, 0) is 19.0 Å². The maximum absolute atomic E-state index is 14.0. The van der Waals surface area contributed by atoms with E-state index in [9.17, 15) is 9.18 Å². The van der Waals surface area contributed by atoms with E-state index in [4.69, 9.17) is 14.2 Å². The second-order valence-corrected chi connectivity index (χ2v) is 4.74. The standard InChI is InChI=1S/C15H19FO4/c1-4-15(5-2)19-12(13(20-15)14(17)18-3)10-8-6-7-9-11(10)16/h6-9,12-13H,4-5H2,1-3H3/t12-,13-/m1/s1. The molecule has 0 saturated carbocycles. The monoisotopic (exact) mass is 282 g/mol. The molecule has 0 N–H and O–H groups in total. The fourth-order valence-corrected chi connectivity index (χ4v) is 2.42. The fraction of sp³-hybridized carbons (Fsp3) is 0.533. The topological polar surface area (TPSA) is 44.8 Å². The number of methoxy groups -OCH3 is 1. The van der Waals surface area contributed by atoms with Gasteiger partial charge in [0.15, 0.2) is 11.9 Å². The first-order chi connectivity index (χ1) is 9.56. The van der Waals surface area contributed by atoms with Gasteiger partial charge < -0.3 is 14.2 Å². The highest BCUT2D eigenvalue weighted by atomic mass is 19.1. The number of hydrogen-bond donors (Lipinski definition) is 0. The largest absolute Gasteiger partial charge is 0.467 e. The molecular formula is C15H19FO4. The highest BCUT2D eigenvalue weighted by molar-refractivity contribution is 5.76. The van der Waals surface area contributed by atoms with Gasteiger partial charge in [0.25, 0.3) is 0 Å². The van der Waals surface area contributed by atoms with E-state index in [-0.39, 0.29) is 0 Å². The summed E-state index contributed by atoms with van der Waals surface area (Å²) in [6.45, 7) is 3.81. The molecule has 1 aromatic rings. The van der Waals surface area contributed by atoms with Gasteiger partial charge in [-0.1, -0.05) is 32.0 Å². The molecular weight excluding hydrogens is 263 g/mol. The summed E-state index contributed by atoms with van der Waals surface area (Å²) >= 11 is 0. The summed E-state index contributed by atoms with van der Waals surface area (Å²) in [5.74, 6) is -1.84. The molecule has 0 aliphatic carbocycles. The van der Waals surface area contributed by atoms with Crippen molar-refractivity contribution in [3.8, 4) is 0 Å². The molecule has 1 aliphatic heterocycles. The number of benzene rings is 1. The van der Waals surface area contributed by atoms with Gasteiger partial charge in [-0.05, 0) is 18.9 Å². The van der Waals surface area contributed by atoms with E-state index < -0.39 is 29.8 Å². The lowest BCUT2D eigenvalue weighted by molar-refractivity contribution is -0.187. The molecule has 0 unspecified atom stereocenters. The summed E-state index contributed by atoms with van der Waals surface area (Å²) in [5.41, 5.74) is 0.312. The molecule has 1 fully saturated rings. The Balaban J connectivity index is 2.38. The molecule has 0 aromatic heterocycles. The SMILES string of the molecule is CCC1(CC)O[C@H](c2ccccc2F)[C@H](C(=O)OC)O1. The van der Waals surface area contributed by atoms with Crippen molar-refractivity contribution in [1.29, 1.82) is 0 Å². The van der Waals surface area contributed by atoms with Crippen molar-refractivity contribution in [2.24, 2.45) is 0 Å². The van der Waals surface area contributed by atoms with Crippen LogP contribution >= 0.6 is 0 Å². The summed E-state index contributed by atoms with van der Waals surface area (Å²) in [5, 5.41) is 0. The molecule has 0 bridgehead atoms. The maximum atomic E-state index is 14.0. The number of ether oxygens (including phenoxy) is 3. The molecule has 1 saturated heterocycles. The molecule has 4 nitrogen and oxygen atoms in total. The molecule has 1 aromatic carbocycles. The third-order valence-electron chi connectivity index (χ3n) is 3.68. The summed E-state index contributed by atoms with van der Waals surface area (Å²) in [6.07, 6.45) is -0.593. The Bertz CT molecular complexity index is 485. The molecule has 5 heteroatoms. The van der Waals surface area contributed by atoms with Crippen LogP contribution in [0.2, 0.25) is 0 Å². The van der Waals surface area contributed by atoms with Crippen LogP contribution in [0.15, 0.2) is 24.3 Å². The lowest BCUT2D eigenvalue weighted by Gasteiger charge is -2.24. The molecule has 20 heavy (non-hydrogen) atoms. The van der Waals surface area contributed by atoms with E-state index in [2.05, 4.69) is 0 Å². The van der Waals surface area contributed by atoms with E-state index >= 15 is 0 Å². The zero-order chi connectivity index (χ0) is 14.8. The third kappa shape index (κ3) is 2.55. The Morgan fingerprint density at radius 3 is 2.50 bits per heavy atom. The summed E-state index contributed by atoms with van der Waals surface area (Å²) in [6, 6.07) is 6.23. The smallest absolute Gasteiger partial charge is 0.338 e. The Morgan fingerprint density at radius 1 is 1.30 bits per heavy atom. The van der Waals surface area contributed by atoms with Crippen LogP contribution < -0.4 is 0 Å². The van der Waals surface area contributed by atoms with Gasteiger partial charge in [0.2, 0.25) is 0 Å². The van der Waals surface area contributed by atoms with Crippen molar-refractivity contribution in [2.45, 2.75) is 44.7 Å². The minimum Gasteiger partial charge on any atom is -0.467 e. The zero-order valence-electron chi connectivity index (χ0n) is 11.9. The van der Waals surface area contributed by atoms with E-state index in [1.54, 1.807) is 18.2 Å². The van der Waals surface area contributed by atoms with Crippen molar-refractivity contribution < 1.29 is 23.4 Å². The lowest BCUT2D eigenvalue weighted by atomic mass is 10.0. The number of halogens is 1. The highest BCUT2D eigenvalue weighted by Gasteiger charge is 2.50. The fourth-order valence-electron chi connectivity index (χ4n) is 2.42. The number of rotatable bonds is 4. The Hall–Kier alpha value is -1.46.